The summed E-state index contributed by atoms with van der Waals surface area (Å²) < 4.78 is 21.4. The van der Waals surface area contributed by atoms with Crippen molar-refractivity contribution < 1.29 is 18.9 Å². The predicted molar refractivity (Wildman–Crippen MR) is 83.2 cm³/mol. The van der Waals surface area contributed by atoms with E-state index in [1.54, 1.807) is 21.3 Å². The molecule has 2 aromatic carbocycles. The highest BCUT2D eigenvalue weighted by Crippen LogP contribution is 2.38. The Morgan fingerprint density at radius 2 is 1.81 bits per heavy atom. The van der Waals surface area contributed by atoms with Gasteiger partial charge in [0.25, 0.3) is 0 Å². The molecule has 0 N–H and O–H groups in total. The largest absolute Gasteiger partial charge is 0.493 e. The van der Waals surface area contributed by atoms with Crippen molar-refractivity contribution in [3.8, 4) is 11.5 Å². The van der Waals surface area contributed by atoms with Gasteiger partial charge in [-0.15, -0.1) is 0 Å². The van der Waals surface area contributed by atoms with Crippen LogP contribution >= 0.6 is 0 Å². The van der Waals surface area contributed by atoms with Gasteiger partial charge in [-0.3, -0.25) is 0 Å². The van der Waals surface area contributed by atoms with Gasteiger partial charge in [-0.2, -0.15) is 0 Å². The second-order valence-corrected chi connectivity index (χ2v) is 4.76. The number of methoxy groups -OCH3 is 3. The number of rotatable bonds is 8. The number of hydrogen-bond donors (Lipinski definition) is 0. The van der Waals surface area contributed by atoms with E-state index < -0.39 is 0 Å². The molecule has 0 aliphatic heterocycles. The molecular weight excluding hydrogens is 268 g/mol. The van der Waals surface area contributed by atoms with Crippen LogP contribution in [0.5, 0.6) is 11.5 Å². The van der Waals surface area contributed by atoms with Gasteiger partial charge in [0, 0.05) is 26.2 Å². The summed E-state index contributed by atoms with van der Waals surface area (Å²) >= 11 is 0. The molecule has 0 amide bonds. The van der Waals surface area contributed by atoms with Crippen LogP contribution in [-0.2, 0) is 15.9 Å². The third-order valence-corrected chi connectivity index (χ3v) is 3.38. The van der Waals surface area contributed by atoms with Gasteiger partial charge in [0.05, 0.1) is 7.11 Å². The predicted octanol–water partition coefficient (Wildman–Crippen LogP) is 3.41. The fourth-order valence-corrected chi connectivity index (χ4v) is 2.44. The minimum atomic E-state index is 0.196. The maximum Gasteiger partial charge on any atom is 0.188 e. The summed E-state index contributed by atoms with van der Waals surface area (Å²) in [7, 11) is 4.98. The Bertz CT molecular complexity index is 580. The lowest BCUT2D eigenvalue weighted by molar-refractivity contribution is 0.0503. The van der Waals surface area contributed by atoms with Crippen LogP contribution in [0.3, 0.4) is 0 Å². The SMILES string of the molecule is COCCCc1cccc2ccc(OC)c(OCOC)c12. The Morgan fingerprint density at radius 3 is 2.52 bits per heavy atom. The lowest BCUT2D eigenvalue weighted by Crippen LogP contribution is -2.03. The molecule has 0 fully saturated rings. The van der Waals surface area contributed by atoms with E-state index in [4.69, 9.17) is 18.9 Å². The summed E-state index contributed by atoms with van der Waals surface area (Å²) in [6.45, 7) is 0.941. The van der Waals surface area contributed by atoms with Gasteiger partial charge in [0.1, 0.15) is 0 Å². The van der Waals surface area contributed by atoms with Crippen molar-refractivity contribution in [2.75, 3.05) is 34.7 Å². The standard InChI is InChI=1S/C17H22O4/c1-18-11-5-8-13-6-4-7-14-9-10-15(20-3)17(16(13)14)21-12-19-2/h4,6-7,9-10H,5,8,11-12H2,1-3H3. The molecule has 0 radical (unpaired) electrons. The van der Waals surface area contributed by atoms with Crippen molar-refractivity contribution >= 4 is 10.8 Å². The van der Waals surface area contributed by atoms with Crippen LogP contribution in [0.15, 0.2) is 30.3 Å². The van der Waals surface area contributed by atoms with Crippen LogP contribution in [-0.4, -0.2) is 34.7 Å². The van der Waals surface area contributed by atoms with Crippen molar-refractivity contribution in [3.05, 3.63) is 35.9 Å². The van der Waals surface area contributed by atoms with Crippen molar-refractivity contribution in [2.45, 2.75) is 12.8 Å². The maximum absolute atomic E-state index is 5.76. The lowest BCUT2D eigenvalue weighted by Gasteiger charge is -2.15. The molecule has 114 valence electrons. The summed E-state index contributed by atoms with van der Waals surface area (Å²) in [6.07, 6.45) is 1.90. The molecule has 4 heteroatoms. The Balaban J connectivity index is 2.47. The molecular formula is C17H22O4. The molecule has 0 atom stereocenters. The van der Waals surface area contributed by atoms with Crippen LogP contribution in [0.4, 0.5) is 0 Å². The molecule has 2 aromatic rings. The molecule has 21 heavy (non-hydrogen) atoms. The quantitative estimate of drug-likeness (QED) is 0.551. The average Bonchev–Trinajstić information content (AvgIpc) is 2.52. The van der Waals surface area contributed by atoms with Crippen molar-refractivity contribution in [3.63, 3.8) is 0 Å². The Kier molecular flexibility index (Phi) is 5.84. The Morgan fingerprint density at radius 1 is 0.952 bits per heavy atom. The molecule has 0 saturated carbocycles. The first kappa shape index (κ1) is 15.6. The molecule has 0 unspecified atom stereocenters. The molecule has 0 bridgehead atoms. The molecule has 2 rings (SSSR count). The first-order valence-electron chi connectivity index (χ1n) is 7.01. The minimum absolute atomic E-state index is 0.196. The summed E-state index contributed by atoms with van der Waals surface area (Å²) in [6, 6.07) is 10.2. The lowest BCUT2D eigenvalue weighted by atomic mass is 9.99. The monoisotopic (exact) mass is 290 g/mol. The normalized spacial score (nSPS) is 10.8. The topological polar surface area (TPSA) is 36.9 Å². The van der Waals surface area contributed by atoms with Gasteiger partial charge in [0.15, 0.2) is 18.3 Å². The highest BCUT2D eigenvalue weighted by atomic mass is 16.7. The molecule has 0 aromatic heterocycles. The van der Waals surface area contributed by atoms with Crippen LogP contribution in [0.2, 0.25) is 0 Å². The summed E-state index contributed by atoms with van der Waals surface area (Å²) in [5.41, 5.74) is 1.23. The highest BCUT2D eigenvalue weighted by Gasteiger charge is 2.13. The first-order valence-corrected chi connectivity index (χ1v) is 7.01. The molecule has 0 spiro atoms. The molecule has 0 saturated heterocycles. The van der Waals surface area contributed by atoms with E-state index >= 15 is 0 Å². The Hall–Kier alpha value is -1.78. The number of benzene rings is 2. The second-order valence-electron chi connectivity index (χ2n) is 4.76. The molecule has 0 aliphatic rings. The molecule has 0 aliphatic carbocycles. The van der Waals surface area contributed by atoms with E-state index in [1.807, 2.05) is 12.1 Å². The summed E-state index contributed by atoms with van der Waals surface area (Å²) in [5.74, 6) is 1.46. The minimum Gasteiger partial charge on any atom is -0.493 e. The highest BCUT2D eigenvalue weighted by molar-refractivity contribution is 5.93. The van der Waals surface area contributed by atoms with E-state index in [2.05, 4.69) is 18.2 Å². The summed E-state index contributed by atoms with van der Waals surface area (Å²) in [4.78, 5) is 0. The molecule has 4 nitrogen and oxygen atoms in total. The van der Waals surface area contributed by atoms with Crippen LogP contribution in [0.25, 0.3) is 10.8 Å². The van der Waals surface area contributed by atoms with E-state index in [1.165, 1.54) is 5.56 Å². The van der Waals surface area contributed by atoms with Crippen molar-refractivity contribution in [1.29, 1.82) is 0 Å². The number of fused-ring (bicyclic) bond motifs is 1. The second kappa shape index (κ2) is 7.86. The third-order valence-electron chi connectivity index (χ3n) is 3.38. The Labute approximate surface area is 125 Å². The van der Waals surface area contributed by atoms with Gasteiger partial charge < -0.3 is 18.9 Å². The van der Waals surface area contributed by atoms with E-state index in [-0.39, 0.29) is 6.79 Å². The van der Waals surface area contributed by atoms with E-state index in [9.17, 15) is 0 Å². The van der Waals surface area contributed by atoms with Crippen LogP contribution in [0.1, 0.15) is 12.0 Å². The van der Waals surface area contributed by atoms with E-state index in [0.717, 1.165) is 41.7 Å². The zero-order valence-electron chi connectivity index (χ0n) is 12.8. The third kappa shape index (κ3) is 3.65. The van der Waals surface area contributed by atoms with Crippen LogP contribution in [0, 0.1) is 0 Å². The zero-order valence-corrected chi connectivity index (χ0v) is 12.8. The number of aryl methyl sites for hydroxylation is 1. The van der Waals surface area contributed by atoms with Gasteiger partial charge in [-0.05, 0) is 29.9 Å². The van der Waals surface area contributed by atoms with Gasteiger partial charge in [0.2, 0.25) is 0 Å². The first-order chi connectivity index (χ1) is 10.3. The van der Waals surface area contributed by atoms with Crippen molar-refractivity contribution in [2.24, 2.45) is 0 Å². The fraction of sp³-hybridized carbons (Fsp3) is 0.412. The zero-order chi connectivity index (χ0) is 15.1. The number of hydrogen-bond acceptors (Lipinski definition) is 4. The van der Waals surface area contributed by atoms with Gasteiger partial charge >= 0.3 is 0 Å². The maximum atomic E-state index is 5.76. The summed E-state index contributed by atoms with van der Waals surface area (Å²) in [5, 5.41) is 2.22. The number of ether oxygens (including phenoxy) is 4. The van der Waals surface area contributed by atoms with Gasteiger partial charge in [-0.1, -0.05) is 24.3 Å². The fourth-order valence-electron chi connectivity index (χ4n) is 2.44. The van der Waals surface area contributed by atoms with Crippen LogP contribution < -0.4 is 9.47 Å². The van der Waals surface area contributed by atoms with E-state index in [0.29, 0.717) is 0 Å². The average molecular weight is 290 g/mol. The molecule has 0 heterocycles. The van der Waals surface area contributed by atoms with Gasteiger partial charge in [-0.25, -0.2) is 0 Å². The van der Waals surface area contributed by atoms with Crippen molar-refractivity contribution in [1.82, 2.24) is 0 Å². The smallest absolute Gasteiger partial charge is 0.188 e.